The Hall–Kier alpha value is -1.06. The van der Waals surface area contributed by atoms with Crippen molar-refractivity contribution < 1.29 is 5.11 Å². The number of nitrogens with two attached hydrogens (primary N) is 2. The number of aromatic hydroxyl groups is 1. The summed E-state index contributed by atoms with van der Waals surface area (Å²) in [5.41, 5.74) is 14.6. The van der Waals surface area contributed by atoms with Crippen molar-refractivity contribution in [3.8, 4) is 5.75 Å². The highest BCUT2D eigenvalue weighted by Crippen LogP contribution is 2.40. The normalized spacial score (nSPS) is 13.0. The Morgan fingerprint density at radius 2 is 1.29 bits per heavy atom. The minimum absolute atomic E-state index is 0.0962. The van der Waals surface area contributed by atoms with Crippen LogP contribution in [0, 0.1) is 5.92 Å². The van der Waals surface area contributed by atoms with Gasteiger partial charge < -0.3 is 16.6 Å². The molecule has 0 aromatic heterocycles. The topological polar surface area (TPSA) is 72.3 Å². The number of rotatable bonds is 4. The van der Waals surface area contributed by atoms with Gasteiger partial charge in [-0.15, -0.1) is 0 Å². The zero-order valence-electron chi connectivity index (χ0n) is 14.5. The second kappa shape index (κ2) is 6.37. The van der Waals surface area contributed by atoms with E-state index >= 15 is 0 Å². The molecular weight excluding hydrogens is 260 g/mol. The van der Waals surface area contributed by atoms with E-state index in [-0.39, 0.29) is 16.7 Å². The monoisotopic (exact) mass is 292 g/mol. The lowest BCUT2D eigenvalue weighted by Crippen LogP contribution is -2.26. The first-order chi connectivity index (χ1) is 9.50. The van der Waals surface area contributed by atoms with Crippen LogP contribution in [0.5, 0.6) is 5.75 Å². The lowest BCUT2D eigenvalue weighted by Gasteiger charge is -2.28. The smallest absolute Gasteiger partial charge is 0.123 e. The summed E-state index contributed by atoms with van der Waals surface area (Å²) in [6.45, 7) is 13.9. The number of phenolic OH excluding ortho intramolecular Hbond substituents is 1. The molecule has 21 heavy (non-hydrogen) atoms. The Morgan fingerprint density at radius 1 is 0.905 bits per heavy atom. The van der Waals surface area contributed by atoms with Gasteiger partial charge in [-0.3, -0.25) is 0 Å². The van der Waals surface area contributed by atoms with Crippen molar-refractivity contribution in [3.63, 3.8) is 0 Å². The fourth-order valence-corrected chi connectivity index (χ4v) is 2.55. The van der Waals surface area contributed by atoms with Crippen LogP contribution in [-0.2, 0) is 17.3 Å². The molecule has 3 heteroatoms. The van der Waals surface area contributed by atoms with Gasteiger partial charge in [0.05, 0.1) is 0 Å². The quantitative estimate of drug-likeness (QED) is 0.798. The fourth-order valence-electron chi connectivity index (χ4n) is 2.55. The Morgan fingerprint density at radius 3 is 1.57 bits per heavy atom. The molecule has 0 amide bonds. The number of hydrogen-bond acceptors (Lipinski definition) is 3. The highest BCUT2D eigenvalue weighted by atomic mass is 16.3. The predicted octanol–water partition coefficient (Wildman–Crippen LogP) is 3.06. The van der Waals surface area contributed by atoms with E-state index in [0.29, 0.717) is 18.8 Å². The molecule has 0 aliphatic rings. The van der Waals surface area contributed by atoms with E-state index in [0.717, 1.165) is 17.5 Å². The standard InChI is InChI=1S/C18H32N2O/c1-17(2,3)14-8-12(7-13(10-19)11-20)9-15(16(14)21)18(4,5)6/h8-9,13,21H,7,10-11,19-20H2,1-6H3. The fraction of sp³-hybridized carbons (Fsp3) is 0.667. The van der Waals surface area contributed by atoms with Crippen LogP contribution in [0.25, 0.3) is 0 Å². The summed E-state index contributed by atoms with van der Waals surface area (Å²) in [7, 11) is 0. The average Bonchev–Trinajstić information content (AvgIpc) is 2.34. The molecule has 0 atom stereocenters. The van der Waals surface area contributed by atoms with Gasteiger partial charge in [-0.2, -0.15) is 0 Å². The summed E-state index contributed by atoms with van der Waals surface area (Å²) >= 11 is 0. The van der Waals surface area contributed by atoms with E-state index in [9.17, 15) is 5.11 Å². The highest BCUT2D eigenvalue weighted by Gasteiger charge is 2.26. The SMILES string of the molecule is CC(C)(C)c1cc(CC(CN)CN)cc(C(C)(C)C)c1O. The average molecular weight is 292 g/mol. The van der Waals surface area contributed by atoms with Crippen molar-refractivity contribution in [2.24, 2.45) is 17.4 Å². The van der Waals surface area contributed by atoms with Crippen LogP contribution in [0.4, 0.5) is 0 Å². The first-order valence-electron chi connectivity index (χ1n) is 7.77. The van der Waals surface area contributed by atoms with Gasteiger partial charge in [0.1, 0.15) is 5.75 Å². The maximum Gasteiger partial charge on any atom is 0.123 e. The van der Waals surface area contributed by atoms with Crippen molar-refractivity contribution in [2.45, 2.75) is 58.8 Å². The summed E-state index contributed by atoms with van der Waals surface area (Å²) in [5.74, 6) is 0.714. The van der Waals surface area contributed by atoms with Crippen molar-refractivity contribution >= 4 is 0 Å². The maximum absolute atomic E-state index is 10.7. The summed E-state index contributed by atoms with van der Waals surface area (Å²) in [6.07, 6.45) is 0.861. The number of benzene rings is 1. The van der Waals surface area contributed by atoms with Crippen LogP contribution in [0.15, 0.2) is 12.1 Å². The van der Waals surface area contributed by atoms with Crippen LogP contribution in [0.3, 0.4) is 0 Å². The van der Waals surface area contributed by atoms with E-state index < -0.39 is 0 Å². The van der Waals surface area contributed by atoms with Gasteiger partial charge in [-0.25, -0.2) is 0 Å². The summed E-state index contributed by atoms with van der Waals surface area (Å²) in [4.78, 5) is 0. The largest absolute Gasteiger partial charge is 0.507 e. The molecule has 0 unspecified atom stereocenters. The first-order valence-corrected chi connectivity index (χ1v) is 7.77. The van der Waals surface area contributed by atoms with Crippen LogP contribution >= 0.6 is 0 Å². The van der Waals surface area contributed by atoms with Crippen molar-refractivity contribution in [3.05, 3.63) is 28.8 Å². The molecule has 5 N–H and O–H groups in total. The molecule has 3 nitrogen and oxygen atoms in total. The molecule has 0 fully saturated rings. The number of hydrogen-bond donors (Lipinski definition) is 3. The van der Waals surface area contributed by atoms with E-state index in [1.165, 1.54) is 5.56 Å². The van der Waals surface area contributed by atoms with E-state index in [1.807, 2.05) is 0 Å². The van der Waals surface area contributed by atoms with E-state index in [2.05, 4.69) is 53.7 Å². The van der Waals surface area contributed by atoms with Crippen molar-refractivity contribution in [2.75, 3.05) is 13.1 Å². The third-order valence-corrected chi connectivity index (χ3v) is 3.98. The van der Waals surface area contributed by atoms with Gasteiger partial charge in [0, 0.05) is 0 Å². The molecule has 0 aliphatic carbocycles. The lowest BCUT2D eigenvalue weighted by molar-refractivity contribution is 0.422. The Kier molecular flexibility index (Phi) is 5.46. The second-order valence-corrected chi connectivity index (χ2v) is 8.08. The Labute approximate surface area is 129 Å². The zero-order valence-corrected chi connectivity index (χ0v) is 14.5. The minimum Gasteiger partial charge on any atom is -0.507 e. The van der Waals surface area contributed by atoms with Crippen molar-refractivity contribution in [1.29, 1.82) is 0 Å². The Bertz CT molecular complexity index is 442. The number of phenols is 1. The van der Waals surface area contributed by atoms with E-state index in [1.54, 1.807) is 0 Å². The molecule has 120 valence electrons. The summed E-state index contributed by atoms with van der Waals surface area (Å²) in [5, 5.41) is 10.7. The van der Waals surface area contributed by atoms with Crippen LogP contribution < -0.4 is 11.5 Å². The van der Waals surface area contributed by atoms with Crippen LogP contribution in [0.2, 0.25) is 0 Å². The molecule has 1 rings (SSSR count). The van der Waals surface area contributed by atoms with Gasteiger partial charge in [0.25, 0.3) is 0 Å². The van der Waals surface area contributed by atoms with Crippen molar-refractivity contribution in [1.82, 2.24) is 0 Å². The first kappa shape index (κ1) is 18.0. The third-order valence-electron chi connectivity index (χ3n) is 3.98. The molecule has 0 saturated carbocycles. The minimum atomic E-state index is -0.0962. The van der Waals surface area contributed by atoms with Gasteiger partial charge >= 0.3 is 0 Å². The van der Waals surface area contributed by atoms with Gasteiger partial charge in [-0.05, 0) is 52.9 Å². The molecule has 0 aliphatic heterocycles. The van der Waals surface area contributed by atoms with Gasteiger partial charge in [0.2, 0.25) is 0 Å². The predicted molar refractivity (Wildman–Crippen MR) is 90.8 cm³/mol. The summed E-state index contributed by atoms with van der Waals surface area (Å²) in [6, 6.07) is 4.23. The summed E-state index contributed by atoms with van der Waals surface area (Å²) < 4.78 is 0. The molecule has 0 spiro atoms. The van der Waals surface area contributed by atoms with Gasteiger partial charge in [0.15, 0.2) is 0 Å². The molecule has 0 heterocycles. The maximum atomic E-state index is 10.7. The highest BCUT2D eigenvalue weighted by molar-refractivity contribution is 5.50. The Balaban J connectivity index is 3.40. The van der Waals surface area contributed by atoms with Crippen LogP contribution in [-0.4, -0.2) is 18.2 Å². The molecule has 1 aromatic carbocycles. The van der Waals surface area contributed by atoms with Gasteiger partial charge in [-0.1, -0.05) is 53.7 Å². The molecular formula is C18H32N2O. The molecule has 0 radical (unpaired) electrons. The third kappa shape index (κ3) is 4.45. The molecule has 1 aromatic rings. The zero-order chi connectivity index (χ0) is 16.4. The van der Waals surface area contributed by atoms with E-state index in [4.69, 9.17) is 11.5 Å². The van der Waals surface area contributed by atoms with Crippen LogP contribution in [0.1, 0.15) is 58.2 Å². The lowest BCUT2D eigenvalue weighted by atomic mass is 9.77. The molecule has 0 bridgehead atoms. The second-order valence-electron chi connectivity index (χ2n) is 8.08. The molecule has 0 saturated heterocycles.